The van der Waals surface area contributed by atoms with Gasteiger partial charge in [0, 0.05) is 13.1 Å². The van der Waals surface area contributed by atoms with E-state index < -0.39 is 43.1 Å². The summed E-state index contributed by atoms with van der Waals surface area (Å²) in [5, 5.41) is 11.9. The van der Waals surface area contributed by atoms with Crippen LogP contribution in [0.4, 0.5) is 18.0 Å². The van der Waals surface area contributed by atoms with Crippen molar-refractivity contribution in [3.63, 3.8) is 0 Å². The highest BCUT2D eigenvalue weighted by atomic mass is 19.4. The molecule has 1 fully saturated rings. The standard InChI is InChI=1S/C19H23F3N2O3/c1-10(2)13-7-16(12-6-4-3-5-11(12)13)23-18(27)24-8-14(17(25)26)15(9-24)19(20,21)22/h3-6,10,13-16H,7-9H2,1-2H3,(H,23,27)(H,25,26)/t13-,14-,15-,16-/m1/s1. The third kappa shape index (κ3) is 3.75. The van der Waals surface area contributed by atoms with E-state index in [2.05, 4.69) is 19.2 Å². The number of fused-ring (bicyclic) bond motifs is 1. The van der Waals surface area contributed by atoms with Gasteiger partial charge in [0.1, 0.15) is 0 Å². The number of halogens is 3. The van der Waals surface area contributed by atoms with Crippen molar-refractivity contribution in [2.24, 2.45) is 17.8 Å². The van der Waals surface area contributed by atoms with E-state index in [1.165, 1.54) is 0 Å². The lowest BCUT2D eigenvalue weighted by molar-refractivity contribution is -0.187. The maximum atomic E-state index is 13.1. The maximum absolute atomic E-state index is 13.1. The summed E-state index contributed by atoms with van der Waals surface area (Å²) >= 11 is 0. The van der Waals surface area contributed by atoms with E-state index in [1.807, 2.05) is 24.3 Å². The third-order valence-corrected chi connectivity index (χ3v) is 5.71. The summed E-state index contributed by atoms with van der Waals surface area (Å²) in [5.74, 6) is -4.57. The summed E-state index contributed by atoms with van der Waals surface area (Å²) in [6.07, 6.45) is -3.97. The molecule has 0 spiro atoms. The predicted molar refractivity (Wildman–Crippen MR) is 92.2 cm³/mol. The number of amides is 2. The number of carboxylic acids is 1. The predicted octanol–water partition coefficient (Wildman–Crippen LogP) is 3.78. The van der Waals surface area contributed by atoms with Gasteiger partial charge in [-0.15, -0.1) is 0 Å². The van der Waals surface area contributed by atoms with E-state index in [-0.39, 0.29) is 12.0 Å². The number of carbonyl (C=O) groups excluding carboxylic acids is 1. The Hall–Kier alpha value is -2.25. The van der Waals surface area contributed by atoms with Gasteiger partial charge in [-0.25, -0.2) is 4.79 Å². The van der Waals surface area contributed by atoms with E-state index in [9.17, 15) is 22.8 Å². The highest BCUT2D eigenvalue weighted by molar-refractivity contribution is 5.78. The van der Waals surface area contributed by atoms with E-state index >= 15 is 0 Å². The minimum atomic E-state index is -4.65. The average Bonchev–Trinajstić information content (AvgIpc) is 3.17. The minimum Gasteiger partial charge on any atom is -0.481 e. The molecule has 0 bridgehead atoms. The van der Waals surface area contributed by atoms with E-state index in [0.29, 0.717) is 12.3 Å². The van der Waals surface area contributed by atoms with Crippen molar-refractivity contribution in [2.45, 2.75) is 38.4 Å². The second-order valence-corrected chi connectivity index (χ2v) is 7.72. The molecule has 0 radical (unpaired) electrons. The van der Waals surface area contributed by atoms with Gasteiger partial charge in [-0.3, -0.25) is 4.79 Å². The van der Waals surface area contributed by atoms with E-state index in [0.717, 1.165) is 16.0 Å². The van der Waals surface area contributed by atoms with Crippen LogP contribution in [-0.4, -0.2) is 41.3 Å². The summed E-state index contributed by atoms with van der Waals surface area (Å²) in [7, 11) is 0. The van der Waals surface area contributed by atoms with Gasteiger partial charge in [-0.1, -0.05) is 38.1 Å². The Kier molecular flexibility index (Phi) is 5.10. The van der Waals surface area contributed by atoms with Crippen LogP contribution < -0.4 is 5.32 Å². The first-order chi connectivity index (χ1) is 12.6. The van der Waals surface area contributed by atoms with Gasteiger partial charge in [-0.05, 0) is 29.4 Å². The number of carboxylic acid groups (broad SMARTS) is 1. The first-order valence-electron chi connectivity index (χ1n) is 9.03. The van der Waals surface area contributed by atoms with Gasteiger partial charge in [-0.2, -0.15) is 13.2 Å². The second kappa shape index (κ2) is 7.05. The number of carbonyl (C=O) groups is 2. The number of urea groups is 1. The lowest BCUT2D eigenvalue weighted by atomic mass is 9.90. The van der Waals surface area contributed by atoms with Gasteiger partial charge < -0.3 is 15.3 Å². The van der Waals surface area contributed by atoms with Crippen molar-refractivity contribution in [2.75, 3.05) is 13.1 Å². The van der Waals surface area contributed by atoms with Crippen LogP contribution >= 0.6 is 0 Å². The number of hydrogen-bond donors (Lipinski definition) is 2. The Labute approximate surface area is 155 Å². The molecule has 1 aromatic carbocycles. The first kappa shape index (κ1) is 19.5. The Balaban J connectivity index is 1.74. The largest absolute Gasteiger partial charge is 0.481 e. The highest BCUT2D eigenvalue weighted by Crippen LogP contribution is 2.44. The Morgan fingerprint density at radius 2 is 1.81 bits per heavy atom. The van der Waals surface area contributed by atoms with E-state index in [4.69, 9.17) is 5.11 Å². The number of nitrogens with one attached hydrogen (secondary N) is 1. The molecule has 0 aromatic heterocycles. The minimum absolute atomic E-state index is 0.264. The van der Waals surface area contributed by atoms with Gasteiger partial charge in [0.2, 0.25) is 0 Å². The van der Waals surface area contributed by atoms with Crippen molar-refractivity contribution >= 4 is 12.0 Å². The summed E-state index contributed by atoms with van der Waals surface area (Å²) in [4.78, 5) is 24.8. The van der Waals surface area contributed by atoms with Crippen molar-refractivity contribution < 1.29 is 27.9 Å². The van der Waals surface area contributed by atoms with Crippen LogP contribution in [0.5, 0.6) is 0 Å². The third-order valence-electron chi connectivity index (χ3n) is 5.71. The molecule has 27 heavy (non-hydrogen) atoms. The average molecular weight is 384 g/mol. The molecular formula is C19H23F3N2O3. The molecule has 3 rings (SSSR count). The van der Waals surface area contributed by atoms with Crippen LogP contribution in [-0.2, 0) is 4.79 Å². The molecular weight excluding hydrogens is 361 g/mol. The normalized spacial score (nSPS) is 27.7. The molecule has 2 N–H and O–H groups in total. The zero-order valence-electron chi connectivity index (χ0n) is 15.2. The molecule has 1 aliphatic carbocycles. The van der Waals surface area contributed by atoms with Crippen LogP contribution in [0.25, 0.3) is 0 Å². The lowest BCUT2D eigenvalue weighted by Crippen LogP contribution is -2.41. The second-order valence-electron chi connectivity index (χ2n) is 7.72. The molecule has 148 valence electrons. The van der Waals surface area contributed by atoms with Crippen LogP contribution in [0, 0.1) is 17.8 Å². The molecule has 0 saturated carbocycles. The summed E-state index contributed by atoms with van der Waals surface area (Å²) in [6, 6.07) is 6.82. The number of aliphatic carboxylic acids is 1. The fraction of sp³-hybridized carbons (Fsp3) is 0.579. The van der Waals surface area contributed by atoms with Crippen LogP contribution in [0.3, 0.4) is 0 Å². The van der Waals surface area contributed by atoms with Gasteiger partial charge in [0.15, 0.2) is 0 Å². The number of rotatable bonds is 3. The molecule has 2 amide bonds. The zero-order valence-corrected chi connectivity index (χ0v) is 15.2. The molecule has 0 unspecified atom stereocenters. The molecule has 8 heteroatoms. The fourth-order valence-electron chi connectivity index (χ4n) is 4.23. The number of alkyl halides is 3. The SMILES string of the molecule is CC(C)[C@H]1C[C@@H](NC(=O)N2C[C@@H](C(F)(F)F)[C@H](C(=O)O)C2)c2ccccc21. The first-order valence-corrected chi connectivity index (χ1v) is 9.03. The van der Waals surface area contributed by atoms with Crippen molar-refractivity contribution in [1.29, 1.82) is 0 Å². The van der Waals surface area contributed by atoms with Gasteiger partial charge >= 0.3 is 18.2 Å². The van der Waals surface area contributed by atoms with Crippen LogP contribution in [0.2, 0.25) is 0 Å². The molecule has 2 aliphatic rings. The lowest BCUT2D eigenvalue weighted by Gasteiger charge is -2.22. The Morgan fingerprint density at radius 1 is 1.19 bits per heavy atom. The van der Waals surface area contributed by atoms with Crippen LogP contribution in [0.1, 0.15) is 43.4 Å². The van der Waals surface area contributed by atoms with Crippen LogP contribution in [0.15, 0.2) is 24.3 Å². The maximum Gasteiger partial charge on any atom is 0.394 e. The molecule has 1 aliphatic heterocycles. The Bertz CT molecular complexity index is 735. The van der Waals surface area contributed by atoms with Crippen molar-refractivity contribution in [3.8, 4) is 0 Å². The number of benzene rings is 1. The Morgan fingerprint density at radius 3 is 2.33 bits per heavy atom. The van der Waals surface area contributed by atoms with Crippen molar-refractivity contribution in [3.05, 3.63) is 35.4 Å². The van der Waals surface area contributed by atoms with E-state index in [1.54, 1.807) is 0 Å². The number of hydrogen-bond acceptors (Lipinski definition) is 2. The molecule has 4 atom stereocenters. The molecule has 5 nitrogen and oxygen atoms in total. The quantitative estimate of drug-likeness (QED) is 0.833. The highest BCUT2D eigenvalue weighted by Gasteiger charge is 2.53. The summed E-state index contributed by atoms with van der Waals surface area (Å²) < 4.78 is 39.4. The zero-order chi connectivity index (χ0) is 19.9. The van der Waals surface area contributed by atoms with Gasteiger partial charge in [0.05, 0.1) is 17.9 Å². The molecule has 1 aromatic rings. The number of likely N-dealkylation sites (tertiary alicyclic amines) is 1. The summed E-state index contributed by atoms with van der Waals surface area (Å²) in [5.41, 5.74) is 2.13. The number of nitrogens with zero attached hydrogens (tertiary/aromatic N) is 1. The summed E-state index contributed by atoms with van der Waals surface area (Å²) in [6.45, 7) is 3.12. The van der Waals surface area contributed by atoms with Gasteiger partial charge in [0.25, 0.3) is 0 Å². The topological polar surface area (TPSA) is 69.6 Å². The monoisotopic (exact) mass is 384 g/mol. The smallest absolute Gasteiger partial charge is 0.394 e. The fourth-order valence-corrected chi connectivity index (χ4v) is 4.23. The van der Waals surface area contributed by atoms with Crippen molar-refractivity contribution in [1.82, 2.24) is 10.2 Å². The molecule has 1 saturated heterocycles. The molecule has 1 heterocycles.